The van der Waals surface area contributed by atoms with Crippen molar-refractivity contribution in [2.45, 2.75) is 27.7 Å². The molecule has 6 nitrogen and oxygen atoms in total. The van der Waals surface area contributed by atoms with E-state index in [1.54, 1.807) is 24.3 Å². The number of hydrogen-bond donors (Lipinski definition) is 1. The minimum Gasteiger partial charge on any atom is -0.307 e. The Morgan fingerprint density at radius 2 is 1.48 bits per heavy atom. The zero-order valence-electron chi connectivity index (χ0n) is 17.9. The average molecular weight is 418 g/mol. The molecule has 2 aromatic carbocycles. The number of nitrogens with zero attached hydrogens (tertiary/aromatic N) is 2. The van der Waals surface area contributed by atoms with Crippen LogP contribution in [0.2, 0.25) is 0 Å². The van der Waals surface area contributed by atoms with Crippen LogP contribution in [-0.2, 0) is 10.0 Å². The molecule has 0 saturated carbocycles. The van der Waals surface area contributed by atoms with Crippen molar-refractivity contribution < 1.29 is 13.2 Å². The number of aryl methyl sites for hydroxylation is 2. The van der Waals surface area contributed by atoms with E-state index in [9.17, 15) is 13.2 Å². The van der Waals surface area contributed by atoms with Crippen molar-refractivity contribution in [1.29, 1.82) is 0 Å². The molecule has 0 spiro atoms. The van der Waals surface area contributed by atoms with E-state index in [-0.39, 0.29) is 5.91 Å². The number of sulfonamides is 1. The zero-order valence-corrected chi connectivity index (χ0v) is 18.7. The molecule has 7 heteroatoms. The molecule has 158 valence electrons. The molecule has 0 bridgehead atoms. The summed E-state index contributed by atoms with van der Waals surface area (Å²) in [5.41, 5.74) is 3.99. The van der Waals surface area contributed by atoms with E-state index >= 15 is 0 Å². The first-order valence-electron chi connectivity index (χ1n) is 9.84. The van der Waals surface area contributed by atoms with Gasteiger partial charge in [-0.2, -0.15) is 0 Å². The average Bonchev–Trinajstić information content (AvgIpc) is 2.66. The van der Waals surface area contributed by atoms with E-state index in [4.69, 9.17) is 0 Å². The Morgan fingerprint density at radius 3 is 1.97 bits per heavy atom. The quantitative estimate of drug-likeness (QED) is 0.676. The van der Waals surface area contributed by atoms with Gasteiger partial charge in [-0.05, 0) is 62.3 Å². The molecule has 0 heterocycles. The molecule has 29 heavy (non-hydrogen) atoms. The van der Waals surface area contributed by atoms with E-state index in [1.807, 2.05) is 36.9 Å². The van der Waals surface area contributed by atoms with Crippen LogP contribution in [0.25, 0.3) is 0 Å². The van der Waals surface area contributed by atoms with E-state index in [1.165, 1.54) is 0 Å². The van der Waals surface area contributed by atoms with Gasteiger partial charge in [-0.1, -0.05) is 32.0 Å². The Bertz CT molecular complexity index is 916. The van der Waals surface area contributed by atoms with Crippen molar-refractivity contribution in [3.8, 4) is 0 Å². The number of anilines is 2. The Kier molecular flexibility index (Phi) is 7.81. The summed E-state index contributed by atoms with van der Waals surface area (Å²) < 4.78 is 25.2. The fourth-order valence-corrected chi connectivity index (χ4v) is 3.94. The summed E-state index contributed by atoms with van der Waals surface area (Å²) >= 11 is 0. The summed E-state index contributed by atoms with van der Waals surface area (Å²) in [4.78, 5) is 17.5. The molecular weight excluding hydrogens is 386 g/mol. The molecule has 0 saturated heterocycles. The van der Waals surface area contributed by atoms with Gasteiger partial charge < -0.3 is 9.80 Å². The Labute approximate surface area is 174 Å². The number of nitrogens with one attached hydrogen (secondary N) is 1. The highest BCUT2D eigenvalue weighted by Gasteiger charge is 2.21. The first-order valence-corrected chi connectivity index (χ1v) is 11.7. The molecule has 0 atom stereocenters. The third-order valence-electron chi connectivity index (χ3n) is 4.92. The predicted molar refractivity (Wildman–Crippen MR) is 120 cm³/mol. The number of benzene rings is 2. The largest absolute Gasteiger partial charge is 0.307 e. The van der Waals surface area contributed by atoms with Crippen molar-refractivity contribution in [3.63, 3.8) is 0 Å². The Balaban J connectivity index is 2.36. The maximum atomic E-state index is 13.4. The second-order valence-electron chi connectivity index (χ2n) is 7.18. The van der Waals surface area contributed by atoms with Gasteiger partial charge in [-0.15, -0.1) is 0 Å². The van der Waals surface area contributed by atoms with E-state index in [0.29, 0.717) is 17.8 Å². The van der Waals surface area contributed by atoms with Gasteiger partial charge >= 0.3 is 0 Å². The highest BCUT2D eigenvalue weighted by Crippen LogP contribution is 2.26. The number of carbonyl (C=O) groups excluding carboxylic acids is 1. The third kappa shape index (κ3) is 6.30. The molecule has 0 aliphatic carbocycles. The minimum atomic E-state index is -3.36. The minimum absolute atomic E-state index is 0.0968. The zero-order chi connectivity index (χ0) is 21.6. The molecule has 1 N–H and O–H groups in total. The lowest BCUT2D eigenvalue weighted by Crippen LogP contribution is -2.39. The third-order valence-corrected chi connectivity index (χ3v) is 5.53. The van der Waals surface area contributed by atoms with E-state index < -0.39 is 10.0 Å². The highest BCUT2D eigenvalue weighted by molar-refractivity contribution is 7.92. The fraction of sp³-hybridized carbons (Fsp3) is 0.409. The Hall–Kier alpha value is -2.38. The normalized spacial score (nSPS) is 11.5. The summed E-state index contributed by atoms with van der Waals surface area (Å²) in [6.07, 6.45) is 1.10. The van der Waals surface area contributed by atoms with E-state index in [0.717, 1.165) is 42.7 Å². The molecule has 0 aromatic heterocycles. The monoisotopic (exact) mass is 417 g/mol. The SMILES string of the molecule is CCN(CC)CCN(C(=O)c1ccc(NS(C)(=O)=O)cc1)c1c(C)cccc1C. The summed E-state index contributed by atoms with van der Waals surface area (Å²) in [5.74, 6) is -0.0968. The van der Waals surface area contributed by atoms with Crippen LogP contribution >= 0.6 is 0 Å². The number of carbonyl (C=O) groups is 1. The molecule has 1 amide bonds. The lowest BCUT2D eigenvalue weighted by molar-refractivity contribution is 0.0983. The van der Waals surface area contributed by atoms with Gasteiger partial charge in [-0.3, -0.25) is 9.52 Å². The van der Waals surface area contributed by atoms with Crippen molar-refractivity contribution in [3.05, 3.63) is 59.2 Å². The van der Waals surface area contributed by atoms with Crippen LogP contribution < -0.4 is 9.62 Å². The second kappa shape index (κ2) is 9.89. The van der Waals surface area contributed by atoms with Crippen molar-refractivity contribution in [1.82, 2.24) is 4.90 Å². The standard InChI is InChI=1S/C22H31N3O3S/c1-6-24(7-2)15-16-25(21-17(3)9-8-10-18(21)4)22(26)19-11-13-20(14-12-19)23-29(5,27)28/h8-14,23H,6-7,15-16H2,1-5H3. The van der Waals surface area contributed by atoms with Crippen LogP contribution in [0.1, 0.15) is 35.3 Å². The van der Waals surface area contributed by atoms with Crippen molar-refractivity contribution in [2.75, 3.05) is 42.1 Å². The first-order chi connectivity index (χ1) is 13.7. The molecule has 0 unspecified atom stereocenters. The van der Waals surface area contributed by atoms with Gasteiger partial charge in [0.15, 0.2) is 0 Å². The topological polar surface area (TPSA) is 69.7 Å². The second-order valence-corrected chi connectivity index (χ2v) is 8.92. The maximum Gasteiger partial charge on any atom is 0.258 e. The number of para-hydroxylation sites is 1. The molecule has 0 fully saturated rings. The first kappa shape index (κ1) is 22.9. The molecule has 0 radical (unpaired) electrons. The number of amides is 1. The molecule has 0 aliphatic rings. The van der Waals surface area contributed by atoms with Gasteiger partial charge in [0.2, 0.25) is 10.0 Å². The lowest BCUT2D eigenvalue weighted by Gasteiger charge is -2.29. The molecule has 2 aromatic rings. The van der Waals surface area contributed by atoms with Crippen molar-refractivity contribution >= 4 is 27.3 Å². The van der Waals surface area contributed by atoms with Gasteiger partial charge in [-0.25, -0.2) is 8.42 Å². The smallest absolute Gasteiger partial charge is 0.258 e. The summed E-state index contributed by atoms with van der Waals surface area (Å²) in [5, 5.41) is 0. The fourth-order valence-electron chi connectivity index (χ4n) is 3.38. The maximum absolute atomic E-state index is 13.4. The number of rotatable bonds is 9. The van der Waals surface area contributed by atoms with E-state index in [2.05, 4.69) is 23.5 Å². The molecular formula is C22H31N3O3S. The van der Waals surface area contributed by atoms with Crippen LogP contribution in [0.4, 0.5) is 11.4 Å². The van der Waals surface area contributed by atoms with Crippen LogP contribution in [0.3, 0.4) is 0 Å². The Morgan fingerprint density at radius 1 is 0.931 bits per heavy atom. The van der Waals surface area contributed by atoms with Gasteiger partial charge in [0.05, 0.1) is 6.26 Å². The van der Waals surface area contributed by atoms with Gasteiger partial charge in [0, 0.05) is 30.0 Å². The van der Waals surface area contributed by atoms with Crippen LogP contribution in [0.15, 0.2) is 42.5 Å². The van der Waals surface area contributed by atoms with Crippen LogP contribution in [0, 0.1) is 13.8 Å². The van der Waals surface area contributed by atoms with Gasteiger partial charge in [0.25, 0.3) is 5.91 Å². The lowest BCUT2D eigenvalue weighted by atomic mass is 10.1. The summed E-state index contributed by atoms with van der Waals surface area (Å²) in [6.45, 7) is 11.5. The number of hydrogen-bond acceptors (Lipinski definition) is 4. The summed E-state index contributed by atoms with van der Waals surface area (Å²) in [7, 11) is -3.36. The highest BCUT2D eigenvalue weighted by atomic mass is 32.2. The summed E-state index contributed by atoms with van der Waals surface area (Å²) in [6, 6.07) is 12.6. The molecule has 2 rings (SSSR count). The van der Waals surface area contributed by atoms with Crippen LogP contribution in [-0.4, -0.2) is 51.7 Å². The van der Waals surface area contributed by atoms with Crippen LogP contribution in [0.5, 0.6) is 0 Å². The van der Waals surface area contributed by atoms with Gasteiger partial charge in [0.1, 0.15) is 0 Å². The molecule has 0 aliphatic heterocycles. The van der Waals surface area contributed by atoms with Crippen molar-refractivity contribution in [2.24, 2.45) is 0 Å². The predicted octanol–water partition coefficient (Wildman–Crippen LogP) is 3.66. The number of likely N-dealkylation sites (N-methyl/N-ethyl adjacent to an activating group) is 1.